The van der Waals surface area contributed by atoms with Crippen LogP contribution in [0.25, 0.3) is 10.6 Å². The summed E-state index contributed by atoms with van der Waals surface area (Å²) in [6, 6.07) is 14.9. The lowest BCUT2D eigenvalue weighted by Gasteiger charge is -2.06. The summed E-state index contributed by atoms with van der Waals surface area (Å²) in [4.78, 5) is 5.81. The number of rotatable bonds is 5. The fourth-order valence-corrected chi connectivity index (χ4v) is 4.66. The summed E-state index contributed by atoms with van der Waals surface area (Å²) in [5, 5.41) is 0.917. The van der Waals surface area contributed by atoms with E-state index in [4.69, 9.17) is 0 Å². The van der Waals surface area contributed by atoms with E-state index < -0.39 is 10.0 Å². The van der Waals surface area contributed by atoms with E-state index in [1.165, 1.54) is 11.3 Å². The van der Waals surface area contributed by atoms with Gasteiger partial charge in [0.15, 0.2) is 0 Å². The number of benzene rings is 2. The third-order valence-corrected chi connectivity index (χ3v) is 6.63. The molecule has 0 saturated carbocycles. The van der Waals surface area contributed by atoms with Crippen molar-refractivity contribution in [1.82, 2.24) is 9.71 Å². The Labute approximate surface area is 152 Å². The summed E-state index contributed by atoms with van der Waals surface area (Å²) >= 11 is 1.53. The maximum Gasteiger partial charge on any atom is 0.240 e. The average Bonchev–Trinajstić information content (AvgIpc) is 2.95. The fraction of sp³-hybridized carbons (Fsp3) is 0.211. The Bertz CT molecular complexity index is 991. The number of thiazole rings is 1. The highest BCUT2D eigenvalue weighted by Crippen LogP contribution is 2.30. The second-order valence-electron chi connectivity index (χ2n) is 5.98. The van der Waals surface area contributed by atoms with Crippen LogP contribution in [-0.4, -0.2) is 13.4 Å². The minimum absolute atomic E-state index is 0.242. The summed E-state index contributed by atoms with van der Waals surface area (Å²) < 4.78 is 27.5. The lowest BCUT2D eigenvalue weighted by molar-refractivity contribution is 0.581. The summed E-state index contributed by atoms with van der Waals surface area (Å²) in [5.41, 5.74) is 4.13. The van der Waals surface area contributed by atoms with Crippen LogP contribution in [0.5, 0.6) is 0 Å². The molecule has 1 N–H and O–H groups in total. The third kappa shape index (κ3) is 3.98. The van der Waals surface area contributed by atoms with Gasteiger partial charge in [0.25, 0.3) is 0 Å². The first-order valence-corrected chi connectivity index (χ1v) is 10.3. The molecular formula is C19H20N2O2S2. The highest BCUT2D eigenvalue weighted by atomic mass is 32.2. The van der Waals surface area contributed by atoms with Crippen LogP contribution in [-0.2, 0) is 16.6 Å². The van der Waals surface area contributed by atoms with Crippen molar-refractivity contribution >= 4 is 21.4 Å². The van der Waals surface area contributed by atoms with Gasteiger partial charge in [-0.05, 0) is 38.5 Å². The highest BCUT2D eigenvalue weighted by Gasteiger charge is 2.16. The number of hydrogen-bond donors (Lipinski definition) is 1. The Morgan fingerprint density at radius 1 is 1.00 bits per heavy atom. The minimum atomic E-state index is -3.53. The number of sulfonamides is 1. The van der Waals surface area contributed by atoms with E-state index in [1.807, 2.05) is 45.0 Å². The minimum Gasteiger partial charge on any atom is -0.241 e. The molecule has 3 rings (SSSR count). The molecule has 2 aromatic carbocycles. The lowest BCUT2D eigenvalue weighted by Crippen LogP contribution is -2.23. The fourth-order valence-electron chi connectivity index (χ4n) is 2.48. The first kappa shape index (κ1) is 17.8. The zero-order valence-corrected chi connectivity index (χ0v) is 16.0. The molecule has 0 spiro atoms. The molecular weight excluding hydrogens is 352 g/mol. The zero-order chi connectivity index (χ0) is 18.0. The molecule has 0 saturated heterocycles. The van der Waals surface area contributed by atoms with Crippen molar-refractivity contribution in [2.24, 2.45) is 0 Å². The monoisotopic (exact) mass is 372 g/mol. The van der Waals surface area contributed by atoms with E-state index >= 15 is 0 Å². The normalized spacial score (nSPS) is 11.6. The van der Waals surface area contributed by atoms with E-state index in [0.717, 1.165) is 32.3 Å². The Morgan fingerprint density at radius 2 is 1.68 bits per heavy atom. The molecule has 1 heterocycles. The predicted molar refractivity (Wildman–Crippen MR) is 102 cm³/mol. The van der Waals surface area contributed by atoms with Crippen LogP contribution in [0.3, 0.4) is 0 Å². The molecule has 6 heteroatoms. The van der Waals surface area contributed by atoms with Gasteiger partial charge in [0.2, 0.25) is 10.0 Å². The van der Waals surface area contributed by atoms with Crippen molar-refractivity contribution < 1.29 is 8.42 Å². The topological polar surface area (TPSA) is 59.1 Å². The van der Waals surface area contributed by atoms with Crippen LogP contribution in [0, 0.1) is 20.8 Å². The van der Waals surface area contributed by atoms with Crippen molar-refractivity contribution in [3.05, 3.63) is 70.2 Å². The van der Waals surface area contributed by atoms with Crippen molar-refractivity contribution in [3.63, 3.8) is 0 Å². The maximum absolute atomic E-state index is 12.4. The van der Waals surface area contributed by atoms with Crippen molar-refractivity contribution in [1.29, 1.82) is 0 Å². The van der Waals surface area contributed by atoms with Gasteiger partial charge in [-0.25, -0.2) is 18.1 Å². The SMILES string of the molecule is Cc1ccc(S(=O)(=O)NCc2sc(-c3ccccc3C)nc2C)cc1. The second-order valence-corrected chi connectivity index (χ2v) is 8.83. The molecule has 3 aromatic rings. The molecule has 0 aliphatic carbocycles. The van der Waals surface area contributed by atoms with Crippen LogP contribution in [0.4, 0.5) is 0 Å². The molecule has 0 unspecified atom stereocenters. The van der Waals surface area contributed by atoms with Crippen molar-refractivity contribution in [2.75, 3.05) is 0 Å². The van der Waals surface area contributed by atoms with E-state index in [2.05, 4.69) is 9.71 Å². The molecule has 0 atom stereocenters. The van der Waals surface area contributed by atoms with E-state index in [9.17, 15) is 8.42 Å². The Balaban J connectivity index is 1.80. The molecule has 25 heavy (non-hydrogen) atoms. The Kier molecular flexibility index (Phi) is 5.03. The summed E-state index contributed by atoms with van der Waals surface area (Å²) in [5.74, 6) is 0. The average molecular weight is 373 g/mol. The molecule has 0 amide bonds. The van der Waals surface area contributed by atoms with Crippen molar-refractivity contribution in [2.45, 2.75) is 32.2 Å². The molecule has 0 radical (unpaired) electrons. The van der Waals surface area contributed by atoms with Gasteiger partial charge in [-0.1, -0.05) is 42.0 Å². The van der Waals surface area contributed by atoms with E-state index in [-0.39, 0.29) is 11.4 Å². The van der Waals surface area contributed by atoms with Crippen LogP contribution in [0.1, 0.15) is 21.7 Å². The smallest absolute Gasteiger partial charge is 0.240 e. The Morgan fingerprint density at radius 3 is 2.36 bits per heavy atom. The van der Waals surface area contributed by atoms with Crippen molar-refractivity contribution in [3.8, 4) is 10.6 Å². The third-order valence-electron chi connectivity index (χ3n) is 4.02. The lowest BCUT2D eigenvalue weighted by atomic mass is 10.1. The molecule has 0 aliphatic rings. The molecule has 130 valence electrons. The van der Waals surface area contributed by atoms with Gasteiger partial charge >= 0.3 is 0 Å². The summed E-state index contributed by atoms with van der Waals surface area (Å²) in [6.07, 6.45) is 0. The molecule has 4 nitrogen and oxygen atoms in total. The van der Waals surface area contributed by atoms with E-state index in [0.29, 0.717) is 0 Å². The van der Waals surface area contributed by atoms with Crippen LogP contribution in [0.2, 0.25) is 0 Å². The zero-order valence-electron chi connectivity index (χ0n) is 14.4. The molecule has 1 aromatic heterocycles. The van der Waals surface area contributed by atoms with Gasteiger partial charge in [-0.2, -0.15) is 0 Å². The van der Waals surface area contributed by atoms with Crippen LogP contribution in [0.15, 0.2) is 53.4 Å². The van der Waals surface area contributed by atoms with Crippen LogP contribution >= 0.6 is 11.3 Å². The largest absolute Gasteiger partial charge is 0.241 e. The van der Waals surface area contributed by atoms with Gasteiger partial charge in [0.1, 0.15) is 5.01 Å². The van der Waals surface area contributed by atoms with Gasteiger partial charge < -0.3 is 0 Å². The summed E-state index contributed by atoms with van der Waals surface area (Å²) in [6.45, 7) is 6.13. The highest BCUT2D eigenvalue weighted by molar-refractivity contribution is 7.89. The first-order valence-electron chi connectivity index (χ1n) is 7.95. The van der Waals surface area contributed by atoms with Crippen LogP contribution < -0.4 is 4.72 Å². The maximum atomic E-state index is 12.4. The quantitative estimate of drug-likeness (QED) is 0.730. The summed E-state index contributed by atoms with van der Waals surface area (Å²) in [7, 11) is -3.53. The van der Waals surface area contributed by atoms with Gasteiger partial charge in [0.05, 0.1) is 10.6 Å². The number of aromatic nitrogens is 1. The Hall–Kier alpha value is -2.02. The molecule has 0 fully saturated rings. The number of nitrogens with zero attached hydrogens (tertiary/aromatic N) is 1. The standard InChI is InChI=1S/C19H20N2O2S2/c1-13-8-10-16(11-9-13)25(22,23)20-12-18-15(3)21-19(24-18)17-7-5-4-6-14(17)2/h4-11,20H,12H2,1-3H3. The molecule has 0 aliphatic heterocycles. The van der Waals surface area contributed by atoms with E-state index in [1.54, 1.807) is 24.3 Å². The van der Waals surface area contributed by atoms with Gasteiger partial charge in [0, 0.05) is 17.0 Å². The second kappa shape index (κ2) is 7.07. The van der Waals surface area contributed by atoms with Gasteiger partial charge in [-0.3, -0.25) is 0 Å². The predicted octanol–water partition coefficient (Wildman–Crippen LogP) is 4.21. The van der Waals surface area contributed by atoms with Gasteiger partial charge in [-0.15, -0.1) is 11.3 Å². The first-order chi connectivity index (χ1) is 11.9. The number of nitrogens with one attached hydrogen (secondary N) is 1. The number of hydrogen-bond acceptors (Lipinski definition) is 4. The molecule has 0 bridgehead atoms. The number of aryl methyl sites for hydroxylation is 3.